The zero-order chi connectivity index (χ0) is 26.6. The first-order chi connectivity index (χ1) is 18.4. The predicted octanol–water partition coefficient (Wildman–Crippen LogP) is 2.13. The summed E-state index contributed by atoms with van der Waals surface area (Å²) in [6.45, 7) is 1.93. The largest absolute Gasteiger partial charge is 0.474 e. The number of carbonyl (C=O) groups is 2. The Balaban J connectivity index is 1.42. The number of hydrogen-bond donors (Lipinski definition) is 2. The highest BCUT2D eigenvalue weighted by Crippen LogP contribution is 2.32. The molecule has 3 heterocycles. The molecule has 1 aromatic carbocycles. The maximum absolute atomic E-state index is 14.0. The van der Waals surface area contributed by atoms with Crippen LogP contribution in [0.15, 0.2) is 30.3 Å². The first-order valence-electron chi connectivity index (χ1n) is 12.6. The molecule has 1 aliphatic heterocycles. The first kappa shape index (κ1) is 25.8. The van der Waals surface area contributed by atoms with Gasteiger partial charge >= 0.3 is 0 Å². The third-order valence-electron chi connectivity index (χ3n) is 6.75. The SMILES string of the molecule is NC(=O)CNC(=O)[C@H]1CC[C@H](Oc2cc(-n3c(C(F)F)nc4ccccc43)nc(N3CCOCC3)n2)CC1. The van der Waals surface area contributed by atoms with Crippen LogP contribution in [0.1, 0.15) is 37.9 Å². The van der Waals surface area contributed by atoms with Crippen molar-refractivity contribution >= 4 is 28.8 Å². The van der Waals surface area contributed by atoms with Crippen LogP contribution in [0.25, 0.3) is 16.9 Å². The number of para-hydroxylation sites is 2. The van der Waals surface area contributed by atoms with Gasteiger partial charge in [-0.2, -0.15) is 9.97 Å². The Labute approximate surface area is 217 Å². The molecule has 2 aliphatic rings. The number of anilines is 1. The van der Waals surface area contributed by atoms with Gasteiger partial charge in [0.1, 0.15) is 11.9 Å². The van der Waals surface area contributed by atoms with E-state index in [-0.39, 0.29) is 36.2 Å². The number of nitrogens with one attached hydrogen (secondary N) is 1. The van der Waals surface area contributed by atoms with Crippen molar-refractivity contribution in [2.75, 3.05) is 37.7 Å². The fourth-order valence-corrected chi connectivity index (χ4v) is 4.84. The van der Waals surface area contributed by atoms with Gasteiger partial charge in [-0.25, -0.2) is 13.8 Å². The standard InChI is InChI=1S/C25H29F2N7O4/c26-22(27)23-30-17-3-1-2-4-18(17)34(23)20-13-21(32-25(31-20)33-9-11-37-12-10-33)38-16-7-5-15(6-8-16)24(36)29-14-19(28)35/h1-4,13,15-16,22H,5-12,14H2,(H2,28,35)(H,29,36)/t15-,16-. The molecule has 1 saturated heterocycles. The Morgan fingerprint density at radius 1 is 1.11 bits per heavy atom. The molecule has 202 valence electrons. The van der Waals surface area contributed by atoms with E-state index in [0.717, 1.165) is 0 Å². The van der Waals surface area contributed by atoms with Crippen LogP contribution in [0.5, 0.6) is 5.88 Å². The zero-order valence-corrected chi connectivity index (χ0v) is 20.7. The topological polar surface area (TPSA) is 137 Å². The number of hydrogen-bond acceptors (Lipinski definition) is 8. The summed E-state index contributed by atoms with van der Waals surface area (Å²) in [6.07, 6.45) is -0.695. The summed E-state index contributed by atoms with van der Waals surface area (Å²) < 4.78 is 41.1. The van der Waals surface area contributed by atoms with E-state index in [1.54, 1.807) is 30.3 Å². The molecule has 5 rings (SSSR count). The van der Waals surface area contributed by atoms with Crippen LogP contribution in [0.2, 0.25) is 0 Å². The second-order valence-electron chi connectivity index (χ2n) is 9.33. The van der Waals surface area contributed by atoms with E-state index in [0.29, 0.717) is 69.0 Å². The average molecular weight is 530 g/mol. The Bertz CT molecular complexity index is 1300. The fourth-order valence-electron chi connectivity index (χ4n) is 4.84. The molecule has 2 aromatic heterocycles. The van der Waals surface area contributed by atoms with E-state index in [4.69, 9.17) is 15.2 Å². The van der Waals surface area contributed by atoms with E-state index < -0.39 is 18.2 Å². The van der Waals surface area contributed by atoms with Gasteiger partial charge in [-0.3, -0.25) is 14.2 Å². The number of fused-ring (bicyclic) bond motifs is 1. The van der Waals surface area contributed by atoms with Crippen LogP contribution in [0, 0.1) is 5.92 Å². The molecule has 1 saturated carbocycles. The number of alkyl halides is 2. The van der Waals surface area contributed by atoms with Gasteiger partial charge in [0.25, 0.3) is 6.43 Å². The number of aromatic nitrogens is 4. The van der Waals surface area contributed by atoms with Gasteiger partial charge in [0.05, 0.1) is 30.8 Å². The van der Waals surface area contributed by atoms with Crippen molar-refractivity contribution in [3.63, 3.8) is 0 Å². The molecular weight excluding hydrogens is 500 g/mol. The molecule has 0 spiro atoms. The Kier molecular flexibility index (Phi) is 7.63. The highest BCUT2D eigenvalue weighted by atomic mass is 19.3. The van der Waals surface area contributed by atoms with Crippen molar-refractivity contribution < 1.29 is 27.8 Å². The number of carbonyl (C=O) groups excluding carboxylic acids is 2. The third-order valence-corrected chi connectivity index (χ3v) is 6.75. The van der Waals surface area contributed by atoms with Gasteiger partial charge < -0.3 is 25.4 Å². The normalized spacial score (nSPS) is 20.0. The van der Waals surface area contributed by atoms with E-state index in [1.165, 1.54) is 4.57 Å². The Morgan fingerprint density at radius 2 is 1.84 bits per heavy atom. The molecule has 3 N–H and O–H groups in total. The molecule has 2 fully saturated rings. The summed E-state index contributed by atoms with van der Waals surface area (Å²) in [5.41, 5.74) is 6.04. The lowest BCUT2D eigenvalue weighted by Gasteiger charge is -2.29. The minimum atomic E-state index is -2.82. The Morgan fingerprint density at radius 3 is 2.55 bits per heavy atom. The molecule has 38 heavy (non-hydrogen) atoms. The molecule has 0 bridgehead atoms. The zero-order valence-electron chi connectivity index (χ0n) is 20.7. The minimum absolute atomic E-state index is 0.188. The van der Waals surface area contributed by atoms with E-state index >= 15 is 0 Å². The highest BCUT2D eigenvalue weighted by Gasteiger charge is 2.29. The third kappa shape index (κ3) is 5.67. The van der Waals surface area contributed by atoms with Crippen LogP contribution in [0.4, 0.5) is 14.7 Å². The number of nitrogens with zero attached hydrogens (tertiary/aromatic N) is 5. The molecule has 2 amide bonds. The lowest BCUT2D eigenvalue weighted by molar-refractivity contribution is -0.128. The molecule has 11 nitrogen and oxygen atoms in total. The number of morpholine rings is 1. The van der Waals surface area contributed by atoms with Crippen LogP contribution >= 0.6 is 0 Å². The molecule has 3 aromatic rings. The van der Waals surface area contributed by atoms with Gasteiger partial charge in [-0.15, -0.1) is 0 Å². The van der Waals surface area contributed by atoms with Crippen molar-refractivity contribution in [3.8, 4) is 11.7 Å². The van der Waals surface area contributed by atoms with Gasteiger partial charge in [0.2, 0.25) is 23.6 Å². The molecular formula is C25H29F2N7O4. The minimum Gasteiger partial charge on any atom is -0.474 e. The van der Waals surface area contributed by atoms with Gasteiger partial charge in [-0.1, -0.05) is 12.1 Å². The van der Waals surface area contributed by atoms with Crippen molar-refractivity contribution in [2.45, 2.75) is 38.2 Å². The molecule has 1 aliphatic carbocycles. The van der Waals surface area contributed by atoms with Crippen molar-refractivity contribution in [1.29, 1.82) is 0 Å². The summed E-state index contributed by atoms with van der Waals surface area (Å²) in [4.78, 5) is 38.5. The summed E-state index contributed by atoms with van der Waals surface area (Å²) in [5.74, 6) is -0.579. The summed E-state index contributed by atoms with van der Waals surface area (Å²) in [5, 5.41) is 2.55. The monoisotopic (exact) mass is 529 g/mol. The second kappa shape index (κ2) is 11.3. The fraction of sp³-hybridized carbons (Fsp3) is 0.480. The number of ether oxygens (including phenoxy) is 2. The average Bonchev–Trinajstić information content (AvgIpc) is 3.33. The van der Waals surface area contributed by atoms with Crippen molar-refractivity contribution in [2.24, 2.45) is 11.7 Å². The highest BCUT2D eigenvalue weighted by molar-refractivity contribution is 5.85. The number of primary amides is 1. The molecule has 13 heteroatoms. The van der Waals surface area contributed by atoms with Crippen molar-refractivity contribution in [3.05, 3.63) is 36.2 Å². The lowest BCUT2D eigenvalue weighted by Crippen LogP contribution is -2.39. The van der Waals surface area contributed by atoms with Crippen LogP contribution in [-0.4, -0.2) is 70.3 Å². The quantitative estimate of drug-likeness (QED) is 0.453. The summed E-state index contributed by atoms with van der Waals surface area (Å²) >= 11 is 0. The first-order valence-corrected chi connectivity index (χ1v) is 12.6. The lowest BCUT2D eigenvalue weighted by atomic mass is 9.87. The smallest absolute Gasteiger partial charge is 0.296 e. The Hall–Kier alpha value is -3.87. The number of benzene rings is 1. The van der Waals surface area contributed by atoms with Crippen LogP contribution in [0.3, 0.4) is 0 Å². The molecule has 0 unspecified atom stereocenters. The summed E-state index contributed by atoms with van der Waals surface area (Å²) in [6, 6.07) is 8.45. The second-order valence-corrected chi connectivity index (χ2v) is 9.33. The number of halogens is 2. The van der Waals surface area contributed by atoms with E-state index in [1.807, 2.05) is 4.90 Å². The molecule has 0 atom stereocenters. The van der Waals surface area contributed by atoms with Crippen LogP contribution < -0.4 is 20.7 Å². The number of amides is 2. The predicted molar refractivity (Wildman–Crippen MR) is 133 cm³/mol. The number of imidazole rings is 1. The summed E-state index contributed by atoms with van der Waals surface area (Å²) in [7, 11) is 0. The van der Waals surface area contributed by atoms with Gasteiger partial charge in [-0.05, 0) is 37.8 Å². The maximum Gasteiger partial charge on any atom is 0.296 e. The van der Waals surface area contributed by atoms with Gasteiger partial charge in [0, 0.05) is 25.1 Å². The van der Waals surface area contributed by atoms with Crippen LogP contribution in [-0.2, 0) is 14.3 Å². The van der Waals surface area contributed by atoms with Crippen molar-refractivity contribution in [1.82, 2.24) is 24.8 Å². The maximum atomic E-state index is 14.0. The molecule has 0 radical (unpaired) electrons. The number of rotatable bonds is 8. The van der Waals surface area contributed by atoms with E-state index in [9.17, 15) is 18.4 Å². The number of nitrogens with two attached hydrogens (primary N) is 1. The van der Waals surface area contributed by atoms with E-state index in [2.05, 4.69) is 20.3 Å². The van der Waals surface area contributed by atoms with Gasteiger partial charge in [0.15, 0.2) is 5.82 Å².